The summed E-state index contributed by atoms with van der Waals surface area (Å²) in [6.07, 6.45) is 10.5. The summed E-state index contributed by atoms with van der Waals surface area (Å²) in [4.78, 5) is 25.4. The molecule has 2 aliphatic carbocycles. The molecule has 7 nitrogen and oxygen atoms in total. The van der Waals surface area contributed by atoms with E-state index < -0.39 is 0 Å². The van der Waals surface area contributed by atoms with Crippen molar-refractivity contribution in [3.8, 4) is 0 Å². The van der Waals surface area contributed by atoms with Crippen LogP contribution >= 0.6 is 11.6 Å². The van der Waals surface area contributed by atoms with E-state index in [2.05, 4.69) is 15.8 Å². The molecule has 184 valence electrons. The van der Waals surface area contributed by atoms with Gasteiger partial charge in [0.05, 0.1) is 16.3 Å². The van der Waals surface area contributed by atoms with Crippen LogP contribution < -0.4 is 16.4 Å². The van der Waals surface area contributed by atoms with E-state index in [1.54, 1.807) is 32.0 Å². The van der Waals surface area contributed by atoms with Gasteiger partial charge in [-0.25, -0.2) is 0 Å². The number of carbonyl (C=O) groups excluding carboxylic acids is 2. The van der Waals surface area contributed by atoms with E-state index in [1.165, 1.54) is 32.1 Å². The quantitative estimate of drug-likeness (QED) is 0.506. The predicted octanol–water partition coefficient (Wildman–Crippen LogP) is 5.39. The molecule has 0 radical (unpaired) electrons. The second-order valence-electron chi connectivity index (χ2n) is 10.1. The Morgan fingerprint density at radius 2 is 1.68 bits per heavy atom. The lowest BCUT2D eigenvalue weighted by Gasteiger charge is -2.33. The molecule has 34 heavy (non-hydrogen) atoms. The molecule has 8 heteroatoms. The number of nitrogens with zero attached hydrogens (tertiary/aromatic N) is 1. The van der Waals surface area contributed by atoms with E-state index >= 15 is 0 Å². The van der Waals surface area contributed by atoms with Gasteiger partial charge in [-0.15, -0.1) is 0 Å². The van der Waals surface area contributed by atoms with Gasteiger partial charge in [-0.2, -0.15) is 0 Å². The SMILES string of the molecule is Cc1noc(C)c1C(=O)Nc1ccc(C(=O)NC2CCC(CC3CCC(N)CC3)CC2)c(Cl)c1. The highest BCUT2D eigenvalue weighted by Gasteiger charge is 2.27. The van der Waals surface area contributed by atoms with Gasteiger partial charge in [0.25, 0.3) is 11.8 Å². The van der Waals surface area contributed by atoms with Gasteiger partial charge in [-0.05, 0) is 102 Å². The molecule has 2 fully saturated rings. The standard InChI is InChI=1S/C26H35ClN4O3/c1-15-24(16(2)34-31-15)26(33)30-21-11-12-22(23(27)14-21)25(32)29-20-9-5-18(6-10-20)13-17-3-7-19(28)8-4-17/h11-12,14,17-20H,3-10,13,28H2,1-2H3,(H,29,32)(H,30,33). The van der Waals surface area contributed by atoms with Crippen molar-refractivity contribution in [2.24, 2.45) is 17.6 Å². The number of rotatable bonds is 6. The van der Waals surface area contributed by atoms with Crippen LogP contribution in [0.15, 0.2) is 22.7 Å². The highest BCUT2D eigenvalue weighted by Crippen LogP contribution is 2.35. The number of hydrogen-bond donors (Lipinski definition) is 3. The van der Waals surface area contributed by atoms with E-state index in [0.717, 1.165) is 37.5 Å². The van der Waals surface area contributed by atoms with Gasteiger partial charge in [-0.1, -0.05) is 16.8 Å². The van der Waals surface area contributed by atoms with Crippen LogP contribution in [-0.2, 0) is 0 Å². The van der Waals surface area contributed by atoms with E-state index in [9.17, 15) is 9.59 Å². The first kappa shape index (κ1) is 24.7. The van der Waals surface area contributed by atoms with E-state index in [1.807, 2.05) is 0 Å². The van der Waals surface area contributed by atoms with Gasteiger partial charge in [0.15, 0.2) is 0 Å². The molecule has 0 atom stereocenters. The Morgan fingerprint density at radius 3 is 2.26 bits per heavy atom. The van der Waals surface area contributed by atoms with Crippen LogP contribution in [0.1, 0.15) is 90.0 Å². The zero-order valence-corrected chi connectivity index (χ0v) is 20.8. The summed E-state index contributed by atoms with van der Waals surface area (Å²) in [6, 6.07) is 5.52. The third-order valence-corrected chi connectivity index (χ3v) is 7.78. The number of aryl methyl sites for hydroxylation is 2. The van der Waals surface area contributed by atoms with E-state index in [-0.39, 0.29) is 17.9 Å². The topological polar surface area (TPSA) is 110 Å². The lowest BCUT2D eigenvalue weighted by atomic mass is 9.76. The van der Waals surface area contributed by atoms with Crippen molar-refractivity contribution in [1.82, 2.24) is 10.5 Å². The Kier molecular flexibility index (Phi) is 7.94. The van der Waals surface area contributed by atoms with Crippen molar-refractivity contribution in [3.05, 3.63) is 45.8 Å². The molecular formula is C26H35ClN4O3. The van der Waals surface area contributed by atoms with E-state index in [0.29, 0.717) is 39.3 Å². The van der Waals surface area contributed by atoms with Crippen LogP contribution in [0.2, 0.25) is 5.02 Å². The molecule has 1 heterocycles. The van der Waals surface area contributed by atoms with Crippen LogP contribution in [0.4, 0.5) is 5.69 Å². The molecule has 0 spiro atoms. The van der Waals surface area contributed by atoms with Crippen molar-refractivity contribution >= 4 is 29.1 Å². The van der Waals surface area contributed by atoms with Gasteiger partial charge in [-0.3, -0.25) is 9.59 Å². The maximum atomic E-state index is 12.9. The number of carbonyl (C=O) groups is 2. The van der Waals surface area contributed by atoms with Crippen molar-refractivity contribution in [2.45, 2.75) is 83.7 Å². The molecule has 4 rings (SSSR count). The zero-order chi connectivity index (χ0) is 24.2. The average molecular weight is 487 g/mol. The normalized spacial score (nSPS) is 25.1. The summed E-state index contributed by atoms with van der Waals surface area (Å²) in [5, 5.41) is 10.1. The average Bonchev–Trinajstić information content (AvgIpc) is 3.14. The van der Waals surface area contributed by atoms with Crippen LogP contribution in [0.5, 0.6) is 0 Å². The molecule has 0 aliphatic heterocycles. The van der Waals surface area contributed by atoms with Crippen molar-refractivity contribution < 1.29 is 14.1 Å². The lowest BCUT2D eigenvalue weighted by molar-refractivity contribution is 0.0918. The minimum atomic E-state index is -0.322. The summed E-state index contributed by atoms with van der Waals surface area (Å²) >= 11 is 6.40. The minimum absolute atomic E-state index is 0.168. The maximum absolute atomic E-state index is 12.9. The Hall–Kier alpha value is -2.38. The van der Waals surface area contributed by atoms with Crippen LogP contribution in [-0.4, -0.2) is 29.1 Å². The number of nitrogens with one attached hydrogen (secondary N) is 2. The lowest BCUT2D eigenvalue weighted by Crippen LogP contribution is -2.38. The second-order valence-corrected chi connectivity index (χ2v) is 10.5. The van der Waals surface area contributed by atoms with Crippen LogP contribution in [0.25, 0.3) is 0 Å². The fourth-order valence-corrected chi connectivity index (χ4v) is 5.75. The van der Waals surface area contributed by atoms with Crippen molar-refractivity contribution in [2.75, 3.05) is 5.32 Å². The van der Waals surface area contributed by atoms with Gasteiger partial charge in [0, 0.05) is 17.8 Å². The summed E-state index contributed by atoms with van der Waals surface area (Å²) in [5.41, 5.74) is 7.89. The summed E-state index contributed by atoms with van der Waals surface area (Å²) in [6.45, 7) is 3.40. The third-order valence-electron chi connectivity index (χ3n) is 7.47. The summed E-state index contributed by atoms with van der Waals surface area (Å²) in [7, 11) is 0. The minimum Gasteiger partial charge on any atom is -0.361 e. The van der Waals surface area contributed by atoms with Crippen LogP contribution in [0, 0.1) is 25.7 Å². The summed E-state index contributed by atoms with van der Waals surface area (Å²) < 4.78 is 5.05. The predicted molar refractivity (Wildman–Crippen MR) is 133 cm³/mol. The molecular weight excluding hydrogens is 452 g/mol. The number of anilines is 1. The fourth-order valence-electron chi connectivity index (χ4n) is 5.48. The molecule has 1 aromatic heterocycles. The van der Waals surface area contributed by atoms with Gasteiger partial charge >= 0.3 is 0 Å². The fraction of sp³-hybridized carbons (Fsp3) is 0.577. The van der Waals surface area contributed by atoms with Crippen molar-refractivity contribution in [1.29, 1.82) is 0 Å². The second kappa shape index (κ2) is 10.9. The molecule has 0 saturated heterocycles. The van der Waals surface area contributed by atoms with Gasteiger partial charge in [0.1, 0.15) is 11.3 Å². The Balaban J connectivity index is 1.27. The largest absolute Gasteiger partial charge is 0.361 e. The van der Waals surface area contributed by atoms with Gasteiger partial charge < -0.3 is 20.9 Å². The molecule has 2 aliphatic rings. The number of hydrogen-bond acceptors (Lipinski definition) is 5. The molecule has 4 N–H and O–H groups in total. The molecule has 2 saturated carbocycles. The number of nitrogens with two attached hydrogens (primary N) is 1. The number of benzene rings is 1. The molecule has 0 unspecified atom stereocenters. The molecule has 1 aromatic carbocycles. The van der Waals surface area contributed by atoms with E-state index in [4.69, 9.17) is 21.9 Å². The van der Waals surface area contributed by atoms with Crippen LogP contribution in [0.3, 0.4) is 0 Å². The highest BCUT2D eigenvalue weighted by atomic mass is 35.5. The zero-order valence-electron chi connectivity index (χ0n) is 20.0. The Morgan fingerprint density at radius 1 is 1.03 bits per heavy atom. The Bertz CT molecular complexity index is 1000. The first-order valence-electron chi connectivity index (χ1n) is 12.4. The van der Waals surface area contributed by atoms with Gasteiger partial charge in [0.2, 0.25) is 0 Å². The van der Waals surface area contributed by atoms with Crippen molar-refractivity contribution in [3.63, 3.8) is 0 Å². The first-order valence-corrected chi connectivity index (χ1v) is 12.8. The third kappa shape index (κ3) is 5.99. The number of halogens is 1. The Labute approximate surface area is 206 Å². The number of amides is 2. The smallest absolute Gasteiger partial charge is 0.261 e. The molecule has 2 aromatic rings. The highest BCUT2D eigenvalue weighted by molar-refractivity contribution is 6.34. The monoisotopic (exact) mass is 486 g/mol. The first-order chi connectivity index (χ1) is 16.3. The summed E-state index contributed by atoms with van der Waals surface area (Å²) in [5.74, 6) is 1.55. The maximum Gasteiger partial charge on any atom is 0.261 e. The number of aromatic nitrogens is 1. The molecule has 2 amide bonds. The molecule has 0 bridgehead atoms.